The first-order valence-electron chi connectivity index (χ1n) is 15.4. The van der Waals surface area contributed by atoms with Crippen molar-refractivity contribution >= 4 is 21.6 Å². The summed E-state index contributed by atoms with van der Waals surface area (Å²) in [4.78, 5) is 19.8. The normalized spacial score (nSPS) is 18.0. The third kappa shape index (κ3) is 8.20. The fraction of sp³-hybridized carbons (Fsp3) is 0.576. The number of carbonyl (C=O) groups is 1. The number of ether oxygens (including phenoxy) is 4. The van der Waals surface area contributed by atoms with Crippen LogP contribution in [0, 0.1) is 5.92 Å². The summed E-state index contributed by atoms with van der Waals surface area (Å²) >= 11 is 0. The largest absolute Gasteiger partial charge is 0.496 e. The standard InChI is InChI=1S/C33H46F2N4O5S/c1-33(2,3)45(5,6)21-42-14-13-38-11-9-22(19-38)20-43-25-10-12-39-26(18-36-29(39)17-25)23-15-27(41-4)30(28(16-23)44-32(34)35)31(40)37-24-7-8-24/h10,12,15-18,22,24,32H,7-9,11,13-14,19-21H2,1-6H3,(H,37,40)/t22-/m0/s1. The highest BCUT2D eigenvalue weighted by Crippen LogP contribution is 2.52. The summed E-state index contributed by atoms with van der Waals surface area (Å²) in [7, 11) is 0.582. The first-order chi connectivity index (χ1) is 21.3. The Labute approximate surface area is 265 Å². The van der Waals surface area contributed by atoms with Crippen molar-refractivity contribution in [3.63, 3.8) is 0 Å². The van der Waals surface area contributed by atoms with Crippen molar-refractivity contribution in [2.24, 2.45) is 5.92 Å². The second kappa shape index (κ2) is 13.7. The molecule has 1 amide bonds. The zero-order valence-electron chi connectivity index (χ0n) is 27.1. The molecule has 1 aliphatic carbocycles. The number of benzene rings is 1. The van der Waals surface area contributed by atoms with Crippen LogP contribution in [0.4, 0.5) is 8.78 Å². The van der Waals surface area contributed by atoms with Crippen LogP contribution in [-0.4, -0.2) is 96.0 Å². The molecule has 0 unspecified atom stereocenters. The Kier molecular flexibility index (Phi) is 10.1. The van der Waals surface area contributed by atoms with Gasteiger partial charge in [0.1, 0.15) is 28.5 Å². The fourth-order valence-electron chi connectivity index (χ4n) is 5.17. The molecule has 1 atom stereocenters. The quantitative estimate of drug-likeness (QED) is 0.213. The molecular weight excluding hydrogens is 602 g/mol. The zero-order valence-corrected chi connectivity index (χ0v) is 27.9. The first kappa shape index (κ1) is 33.3. The second-order valence-corrected chi connectivity index (χ2v) is 17.9. The Morgan fingerprint density at radius 2 is 1.91 bits per heavy atom. The minimum atomic E-state index is -3.11. The number of likely N-dealkylation sites (tertiary alicyclic amines) is 1. The van der Waals surface area contributed by atoms with Gasteiger partial charge in [0.2, 0.25) is 0 Å². The van der Waals surface area contributed by atoms with Gasteiger partial charge in [0.15, 0.2) is 0 Å². The maximum absolute atomic E-state index is 13.4. The molecule has 2 aromatic heterocycles. The summed E-state index contributed by atoms with van der Waals surface area (Å²) in [5.41, 5.74) is 1.73. The molecular formula is C33H46F2N4O5S. The smallest absolute Gasteiger partial charge is 0.387 e. The minimum Gasteiger partial charge on any atom is -0.496 e. The molecule has 1 saturated carbocycles. The third-order valence-electron chi connectivity index (χ3n) is 8.87. The zero-order chi connectivity index (χ0) is 32.4. The number of halogens is 2. The fourth-order valence-corrected chi connectivity index (χ4v) is 6.05. The average molecular weight is 649 g/mol. The van der Waals surface area contributed by atoms with Crippen LogP contribution in [0.15, 0.2) is 36.7 Å². The molecule has 2 aliphatic rings. The predicted molar refractivity (Wildman–Crippen MR) is 174 cm³/mol. The number of methoxy groups -OCH3 is 1. The van der Waals surface area contributed by atoms with Gasteiger partial charge in [-0.3, -0.25) is 9.20 Å². The Morgan fingerprint density at radius 3 is 2.60 bits per heavy atom. The molecule has 3 aromatic rings. The number of rotatable bonds is 14. The van der Waals surface area contributed by atoms with Gasteiger partial charge in [-0.15, -0.1) is 0 Å². The highest BCUT2D eigenvalue weighted by molar-refractivity contribution is 8.33. The highest BCUT2D eigenvalue weighted by Gasteiger charge is 2.30. The number of carbonyl (C=O) groups excluding carboxylic acids is 1. The van der Waals surface area contributed by atoms with E-state index >= 15 is 0 Å². The van der Waals surface area contributed by atoms with E-state index in [-0.39, 0.29) is 27.9 Å². The molecule has 2 fully saturated rings. The highest BCUT2D eigenvalue weighted by atomic mass is 32.3. The number of hydrogen-bond donors (Lipinski definition) is 1. The summed E-state index contributed by atoms with van der Waals surface area (Å²) in [6, 6.07) is 6.82. The lowest BCUT2D eigenvalue weighted by Crippen LogP contribution is -2.29. The number of nitrogens with zero attached hydrogens (tertiary/aromatic N) is 3. The molecule has 1 saturated heterocycles. The van der Waals surface area contributed by atoms with Crippen LogP contribution >= 0.6 is 10.0 Å². The van der Waals surface area contributed by atoms with Crippen molar-refractivity contribution in [1.82, 2.24) is 19.6 Å². The van der Waals surface area contributed by atoms with Crippen LogP contribution < -0.4 is 19.5 Å². The lowest BCUT2D eigenvalue weighted by atomic mass is 10.1. The number of imidazole rings is 1. The van der Waals surface area contributed by atoms with Gasteiger partial charge in [0.05, 0.1) is 38.2 Å². The van der Waals surface area contributed by atoms with E-state index in [1.165, 1.54) is 13.2 Å². The number of nitrogens with one attached hydrogen (secondary N) is 1. The molecule has 5 rings (SSSR count). The van der Waals surface area contributed by atoms with Crippen LogP contribution in [0.25, 0.3) is 16.9 Å². The minimum absolute atomic E-state index is 0.0422. The van der Waals surface area contributed by atoms with Gasteiger partial charge in [-0.1, -0.05) is 20.8 Å². The Morgan fingerprint density at radius 1 is 1.16 bits per heavy atom. The Bertz CT molecular complexity index is 1490. The van der Waals surface area contributed by atoms with Crippen molar-refractivity contribution in [3.05, 3.63) is 42.2 Å². The monoisotopic (exact) mass is 648 g/mol. The SMILES string of the molecule is COc1cc(-c2cnc3cc(OC[C@H]4CCN(CCOCS(C)(C)C(C)(C)C)C4)ccn23)cc(OC(F)F)c1C(=O)NC1CC1. The lowest BCUT2D eigenvalue weighted by Gasteiger charge is -2.44. The van der Waals surface area contributed by atoms with E-state index in [9.17, 15) is 13.6 Å². The summed E-state index contributed by atoms with van der Waals surface area (Å²) in [5, 5.41) is 2.82. The van der Waals surface area contributed by atoms with Gasteiger partial charge >= 0.3 is 6.61 Å². The molecule has 248 valence electrons. The molecule has 3 heterocycles. The van der Waals surface area contributed by atoms with Gasteiger partial charge in [0.25, 0.3) is 5.91 Å². The maximum atomic E-state index is 13.4. The van der Waals surface area contributed by atoms with E-state index in [4.69, 9.17) is 18.9 Å². The Balaban J connectivity index is 1.20. The van der Waals surface area contributed by atoms with Crippen LogP contribution in [0.2, 0.25) is 0 Å². The lowest BCUT2D eigenvalue weighted by molar-refractivity contribution is -0.0502. The number of fused-ring (bicyclic) bond motifs is 1. The first-order valence-corrected chi connectivity index (χ1v) is 18.0. The number of aromatic nitrogens is 2. The molecule has 0 radical (unpaired) electrons. The average Bonchev–Trinajstić information content (AvgIpc) is 3.50. The Hall–Kier alpha value is -3.09. The summed E-state index contributed by atoms with van der Waals surface area (Å²) < 4.78 is 51.3. The predicted octanol–water partition coefficient (Wildman–Crippen LogP) is 6.04. The number of pyridine rings is 1. The van der Waals surface area contributed by atoms with Gasteiger partial charge in [-0.2, -0.15) is 8.78 Å². The van der Waals surface area contributed by atoms with Crippen LogP contribution in [0.1, 0.15) is 50.4 Å². The molecule has 0 spiro atoms. The van der Waals surface area contributed by atoms with Crippen LogP contribution in [0.5, 0.6) is 17.2 Å². The van der Waals surface area contributed by atoms with Gasteiger partial charge in [-0.25, -0.2) is 15.0 Å². The number of alkyl halides is 2. The summed E-state index contributed by atoms with van der Waals surface area (Å²) in [6.07, 6.45) is 10.9. The third-order valence-corrected chi connectivity index (χ3v) is 12.9. The topological polar surface area (TPSA) is 86.6 Å². The second-order valence-electron chi connectivity index (χ2n) is 13.4. The molecule has 1 aromatic carbocycles. The van der Waals surface area contributed by atoms with Gasteiger partial charge < -0.3 is 29.2 Å². The molecule has 45 heavy (non-hydrogen) atoms. The number of amides is 1. The van der Waals surface area contributed by atoms with Crippen molar-refractivity contribution in [1.29, 1.82) is 0 Å². The van der Waals surface area contributed by atoms with E-state index in [0.717, 1.165) is 51.4 Å². The molecule has 1 aliphatic heterocycles. The van der Waals surface area contributed by atoms with Crippen molar-refractivity contribution in [2.45, 2.75) is 57.4 Å². The van der Waals surface area contributed by atoms with Gasteiger partial charge in [0, 0.05) is 42.9 Å². The number of hydrogen-bond acceptors (Lipinski definition) is 7. The van der Waals surface area contributed by atoms with Crippen molar-refractivity contribution < 1.29 is 32.5 Å². The van der Waals surface area contributed by atoms with Gasteiger partial charge in [-0.05, 0) is 61.3 Å². The van der Waals surface area contributed by atoms with Crippen LogP contribution in [-0.2, 0) is 4.74 Å². The summed E-state index contributed by atoms with van der Waals surface area (Å²) in [6.45, 7) is 8.07. The van der Waals surface area contributed by atoms with E-state index in [1.807, 2.05) is 22.7 Å². The van der Waals surface area contributed by atoms with Crippen LogP contribution in [0.3, 0.4) is 0 Å². The van der Waals surface area contributed by atoms with E-state index in [2.05, 4.69) is 48.5 Å². The summed E-state index contributed by atoms with van der Waals surface area (Å²) in [5.74, 6) is 1.36. The molecule has 0 bridgehead atoms. The van der Waals surface area contributed by atoms with Crippen molar-refractivity contribution in [2.75, 3.05) is 58.4 Å². The van der Waals surface area contributed by atoms with E-state index in [1.54, 1.807) is 12.3 Å². The molecule has 9 nitrogen and oxygen atoms in total. The molecule has 12 heteroatoms. The van der Waals surface area contributed by atoms with Crippen molar-refractivity contribution in [3.8, 4) is 28.5 Å². The van der Waals surface area contributed by atoms with E-state index < -0.39 is 22.5 Å². The maximum Gasteiger partial charge on any atom is 0.387 e. The van der Waals surface area contributed by atoms with E-state index in [0.29, 0.717) is 35.2 Å². The molecule has 1 N–H and O–H groups in total.